The molecule has 1 aliphatic rings. The van der Waals surface area contributed by atoms with Gasteiger partial charge in [0.15, 0.2) is 0 Å². The summed E-state index contributed by atoms with van der Waals surface area (Å²) in [4.78, 5) is 43.2. The van der Waals surface area contributed by atoms with Crippen molar-refractivity contribution in [3.63, 3.8) is 0 Å². The second-order valence-corrected chi connectivity index (χ2v) is 5.09. The predicted octanol–water partition coefficient (Wildman–Crippen LogP) is -1.45. The Bertz CT molecular complexity index is 480. The Morgan fingerprint density at radius 2 is 1.73 bits per heavy atom. The Morgan fingerprint density at radius 3 is 2.14 bits per heavy atom. The highest BCUT2D eigenvalue weighted by Gasteiger charge is 2.63. The highest BCUT2D eigenvalue weighted by Crippen LogP contribution is 2.32. The van der Waals surface area contributed by atoms with Crippen LogP contribution in [0.5, 0.6) is 0 Å². The molecule has 0 aromatic carbocycles. The van der Waals surface area contributed by atoms with Crippen LogP contribution in [-0.4, -0.2) is 68.5 Å². The third-order valence-corrected chi connectivity index (χ3v) is 3.51. The van der Waals surface area contributed by atoms with Gasteiger partial charge in [0.2, 0.25) is 0 Å². The number of rotatable bonds is 11. The molecule has 0 aromatic rings. The van der Waals surface area contributed by atoms with Crippen LogP contribution in [0.15, 0.2) is 0 Å². The summed E-state index contributed by atoms with van der Waals surface area (Å²) in [6, 6.07) is -2.33. The molecule has 0 amide bonds. The van der Waals surface area contributed by atoms with E-state index < -0.39 is 47.9 Å². The van der Waals surface area contributed by atoms with Crippen LogP contribution >= 0.6 is 0 Å². The first kappa shape index (κ1) is 17.9. The molecule has 1 heterocycles. The van der Waals surface area contributed by atoms with E-state index in [0.717, 1.165) is 0 Å². The van der Waals surface area contributed by atoms with Crippen LogP contribution in [0.4, 0.5) is 0 Å². The molecule has 10 nitrogen and oxygen atoms in total. The van der Waals surface area contributed by atoms with Gasteiger partial charge >= 0.3 is 23.9 Å². The lowest BCUT2D eigenvalue weighted by Crippen LogP contribution is -2.39. The largest absolute Gasteiger partial charge is 0.481 e. The third-order valence-electron chi connectivity index (χ3n) is 3.51. The first-order chi connectivity index (χ1) is 10.2. The van der Waals surface area contributed by atoms with Gasteiger partial charge in [0.25, 0.3) is 0 Å². The second-order valence-electron chi connectivity index (χ2n) is 5.09. The number of hydrogen-bond acceptors (Lipinski definition) is 6. The molecule has 10 heteroatoms. The topological polar surface area (TPSA) is 183 Å². The van der Waals surface area contributed by atoms with Crippen molar-refractivity contribution in [2.45, 2.75) is 43.3 Å². The van der Waals surface area contributed by atoms with Gasteiger partial charge in [-0.2, -0.15) is 0 Å². The van der Waals surface area contributed by atoms with E-state index in [1.54, 1.807) is 0 Å². The van der Waals surface area contributed by atoms with Gasteiger partial charge in [-0.1, -0.05) is 0 Å². The summed E-state index contributed by atoms with van der Waals surface area (Å²) in [5.41, 5.74) is -1.46. The molecule has 0 aromatic heterocycles. The van der Waals surface area contributed by atoms with Crippen LogP contribution in [0.2, 0.25) is 0 Å². The third kappa shape index (κ3) is 4.40. The highest BCUT2D eigenvalue weighted by molar-refractivity contribution is 5.95. The molecule has 6 N–H and O–H groups in total. The average molecular weight is 318 g/mol. The van der Waals surface area contributed by atoms with Crippen LogP contribution < -0.4 is 10.6 Å². The summed E-state index contributed by atoms with van der Waals surface area (Å²) < 4.78 is 0. The number of carbonyl (C=O) groups is 4. The van der Waals surface area contributed by atoms with E-state index in [2.05, 4.69) is 10.6 Å². The molecule has 0 saturated carbocycles. The number of unbranched alkanes of at least 4 members (excludes halogenated alkanes) is 1. The fourth-order valence-electron chi connectivity index (χ4n) is 2.22. The lowest BCUT2D eigenvalue weighted by atomic mass is 9.97. The van der Waals surface area contributed by atoms with Gasteiger partial charge in [-0.25, -0.2) is 0 Å². The van der Waals surface area contributed by atoms with Crippen LogP contribution in [0.1, 0.15) is 25.7 Å². The maximum absolute atomic E-state index is 11.1. The molecular weight excluding hydrogens is 300 g/mol. The fraction of sp³-hybridized carbons (Fsp3) is 0.667. The molecule has 0 bridgehead atoms. The van der Waals surface area contributed by atoms with E-state index in [4.69, 9.17) is 20.4 Å². The lowest BCUT2D eigenvalue weighted by molar-refractivity contribution is -0.145. The van der Waals surface area contributed by atoms with Gasteiger partial charge in [0, 0.05) is 0 Å². The molecule has 1 saturated heterocycles. The monoisotopic (exact) mass is 318 g/mol. The standard InChI is InChI=1S/C12H18N2O8/c15-7(16)5-6(9(17)18)13-4-2-1-3-12(11(21)22)8(14-12)10(19)20/h6,8,13-14H,1-5H2,(H,15,16)(H,17,18)(H,19,20)(H,21,22). The summed E-state index contributed by atoms with van der Waals surface area (Å²) >= 11 is 0. The van der Waals surface area contributed by atoms with Gasteiger partial charge < -0.3 is 25.7 Å². The van der Waals surface area contributed by atoms with Gasteiger partial charge in [-0.15, -0.1) is 0 Å². The Labute approximate surface area is 125 Å². The maximum atomic E-state index is 11.1. The van der Waals surface area contributed by atoms with Gasteiger partial charge in [0.1, 0.15) is 17.6 Å². The van der Waals surface area contributed by atoms with Crippen molar-refractivity contribution >= 4 is 23.9 Å². The summed E-state index contributed by atoms with van der Waals surface area (Å²) in [6.45, 7) is 0.192. The predicted molar refractivity (Wildman–Crippen MR) is 70.5 cm³/mol. The molecule has 3 unspecified atom stereocenters. The smallest absolute Gasteiger partial charge is 0.326 e. The molecule has 3 atom stereocenters. The quantitative estimate of drug-likeness (QED) is 0.195. The molecule has 1 aliphatic heterocycles. The van der Waals surface area contributed by atoms with E-state index in [1.807, 2.05) is 0 Å². The molecular formula is C12H18N2O8. The van der Waals surface area contributed by atoms with Crippen molar-refractivity contribution in [3.8, 4) is 0 Å². The second kappa shape index (κ2) is 7.18. The molecule has 0 aliphatic carbocycles. The molecule has 1 rings (SSSR count). The average Bonchev–Trinajstić information content (AvgIpc) is 3.12. The van der Waals surface area contributed by atoms with Crippen LogP contribution in [-0.2, 0) is 19.2 Å². The zero-order valence-electron chi connectivity index (χ0n) is 11.6. The fourth-order valence-corrected chi connectivity index (χ4v) is 2.22. The SMILES string of the molecule is O=C(O)CC(NCCCCC1(C(=O)O)NC1C(=O)O)C(=O)O. The number of aliphatic carboxylic acids is 4. The zero-order chi connectivity index (χ0) is 16.9. The van der Waals surface area contributed by atoms with Crippen molar-refractivity contribution in [1.82, 2.24) is 10.6 Å². The molecule has 22 heavy (non-hydrogen) atoms. The number of carboxylic acids is 4. The zero-order valence-corrected chi connectivity index (χ0v) is 11.6. The minimum atomic E-state index is -1.46. The van der Waals surface area contributed by atoms with Gasteiger partial charge in [-0.05, 0) is 25.8 Å². The lowest BCUT2D eigenvalue weighted by Gasteiger charge is -2.13. The molecule has 124 valence electrons. The minimum absolute atomic E-state index is 0.0949. The Hall–Kier alpha value is -2.20. The van der Waals surface area contributed by atoms with Gasteiger partial charge in [0.05, 0.1) is 6.42 Å². The van der Waals surface area contributed by atoms with E-state index in [1.165, 1.54) is 0 Å². The summed E-state index contributed by atoms with van der Waals surface area (Å²) in [5.74, 6) is -4.98. The van der Waals surface area contributed by atoms with Gasteiger partial charge in [-0.3, -0.25) is 24.5 Å². The van der Waals surface area contributed by atoms with Crippen molar-refractivity contribution in [2.24, 2.45) is 0 Å². The van der Waals surface area contributed by atoms with E-state index in [9.17, 15) is 19.2 Å². The minimum Gasteiger partial charge on any atom is -0.481 e. The van der Waals surface area contributed by atoms with Crippen molar-refractivity contribution in [1.29, 1.82) is 0 Å². The molecule has 1 fully saturated rings. The van der Waals surface area contributed by atoms with Crippen LogP contribution in [0, 0.1) is 0 Å². The van der Waals surface area contributed by atoms with Crippen LogP contribution in [0.25, 0.3) is 0 Å². The Morgan fingerprint density at radius 1 is 1.09 bits per heavy atom. The number of nitrogens with one attached hydrogen (secondary N) is 2. The Balaban J connectivity index is 2.33. The van der Waals surface area contributed by atoms with Crippen molar-refractivity contribution < 1.29 is 39.6 Å². The van der Waals surface area contributed by atoms with E-state index >= 15 is 0 Å². The highest BCUT2D eigenvalue weighted by atomic mass is 16.4. The van der Waals surface area contributed by atoms with Crippen molar-refractivity contribution in [3.05, 3.63) is 0 Å². The molecule has 0 spiro atoms. The summed E-state index contributed by atoms with van der Waals surface area (Å²) in [7, 11) is 0. The number of hydrogen-bond donors (Lipinski definition) is 6. The summed E-state index contributed by atoms with van der Waals surface area (Å²) in [6.07, 6.45) is 0.288. The normalized spacial score (nSPS) is 24.5. The first-order valence-electron chi connectivity index (χ1n) is 6.62. The number of carboxylic acid groups (broad SMARTS) is 4. The van der Waals surface area contributed by atoms with E-state index in [-0.39, 0.29) is 13.0 Å². The Kier molecular flexibility index (Phi) is 5.83. The van der Waals surface area contributed by atoms with Crippen molar-refractivity contribution in [2.75, 3.05) is 6.54 Å². The first-order valence-corrected chi connectivity index (χ1v) is 6.62. The van der Waals surface area contributed by atoms with E-state index in [0.29, 0.717) is 12.8 Å². The van der Waals surface area contributed by atoms with Crippen LogP contribution in [0.3, 0.4) is 0 Å². The maximum Gasteiger partial charge on any atom is 0.326 e. The molecule has 0 radical (unpaired) electrons. The summed E-state index contributed by atoms with van der Waals surface area (Å²) in [5, 5.41) is 40.2.